The van der Waals surface area contributed by atoms with Gasteiger partial charge in [-0.2, -0.15) is 0 Å². The molecule has 11 heteroatoms. The summed E-state index contributed by atoms with van der Waals surface area (Å²) in [5.74, 6) is -3.54. The van der Waals surface area contributed by atoms with Gasteiger partial charge in [-0.25, -0.2) is 9.59 Å². The molecule has 2 atom stereocenters. The molecular weight excluding hydrogens is 353 g/mol. The molecule has 0 aromatic heterocycles. The average Bonchev–Trinajstić information content (AvgIpc) is 1.84. The standard InChI is InChI=1S/C4H6O6.K.3H2O.Sb.H/c5-1(3(7)8)2(6)4(9)10;;;;;;/h1-2,5-6H,(H,7,8)(H,9,10);;3*1H2;;. The number of aliphatic hydroxyl groups is 2. The van der Waals surface area contributed by atoms with Gasteiger partial charge in [0, 0.05) is 24.4 Å². The molecule has 0 aromatic rings. The fourth-order valence-corrected chi connectivity index (χ4v) is 0.270. The van der Waals surface area contributed by atoms with Crippen molar-refractivity contribution in [2.24, 2.45) is 0 Å². The van der Waals surface area contributed by atoms with Crippen molar-refractivity contribution >= 4 is 87.8 Å². The van der Waals surface area contributed by atoms with E-state index in [0.29, 0.717) is 0 Å². The van der Waals surface area contributed by atoms with E-state index in [4.69, 9.17) is 20.4 Å². The van der Waals surface area contributed by atoms with Gasteiger partial charge >= 0.3 is 63.3 Å². The van der Waals surface area contributed by atoms with Gasteiger partial charge in [-0.15, -0.1) is 0 Å². The molecule has 0 spiro atoms. The minimum atomic E-state index is -2.27. The van der Waals surface area contributed by atoms with Gasteiger partial charge in [-0.3, -0.25) is 0 Å². The summed E-state index contributed by atoms with van der Waals surface area (Å²) in [6.45, 7) is 0. The second-order valence-corrected chi connectivity index (χ2v) is 1.57. The first-order valence-corrected chi connectivity index (χ1v) is 2.28. The first-order valence-electron chi connectivity index (χ1n) is 2.28. The Bertz CT molecular complexity index is 146. The van der Waals surface area contributed by atoms with Crippen LogP contribution in [-0.2, 0) is 9.59 Å². The van der Waals surface area contributed by atoms with Crippen LogP contribution in [0.5, 0.6) is 0 Å². The zero-order valence-corrected chi connectivity index (χ0v) is 9.26. The number of carboxylic acid groups (broad SMARTS) is 2. The third kappa shape index (κ3) is 15.2. The van der Waals surface area contributed by atoms with E-state index in [-0.39, 0.29) is 92.2 Å². The molecule has 0 fully saturated rings. The molecule has 15 heavy (non-hydrogen) atoms. The topological polar surface area (TPSA) is 210 Å². The maximum Gasteiger partial charge on any atom is 0 e. The molecule has 0 aliphatic heterocycles. The number of aliphatic hydroxyl groups excluding tert-OH is 2. The Kier molecular flexibility index (Phi) is 42.2. The molecule has 0 amide bonds. The van der Waals surface area contributed by atoms with Gasteiger partial charge < -0.3 is 36.9 Å². The molecule has 0 saturated carbocycles. The van der Waals surface area contributed by atoms with Crippen LogP contribution in [-0.4, -0.2) is 137 Å². The third-order valence-electron chi connectivity index (χ3n) is 0.805. The van der Waals surface area contributed by atoms with E-state index in [0.717, 1.165) is 0 Å². The largest absolute Gasteiger partial charge is 0 e. The molecule has 0 bridgehead atoms. The van der Waals surface area contributed by atoms with Crippen LogP contribution in [0.15, 0.2) is 0 Å². The van der Waals surface area contributed by atoms with Crippen LogP contribution in [0.1, 0.15) is 0 Å². The number of carboxylic acids is 2. The Hall–Kier alpha value is 1.19. The Morgan fingerprint density at radius 2 is 0.933 bits per heavy atom. The second-order valence-electron chi connectivity index (χ2n) is 1.57. The zero-order valence-electron chi connectivity index (χ0n) is 6.71. The molecule has 0 aliphatic carbocycles. The van der Waals surface area contributed by atoms with Crippen LogP contribution < -0.4 is 0 Å². The number of hydrogen-bond donors (Lipinski definition) is 4. The van der Waals surface area contributed by atoms with E-state index < -0.39 is 24.1 Å². The maximum absolute atomic E-state index is 9.77. The van der Waals surface area contributed by atoms with E-state index >= 15 is 0 Å². The van der Waals surface area contributed by atoms with Crippen molar-refractivity contribution in [2.45, 2.75) is 12.2 Å². The van der Waals surface area contributed by atoms with E-state index in [1.807, 2.05) is 0 Å². The number of hydrogen-bond acceptors (Lipinski definition) is 4. The van der Waals surface area contributed by atoms with Gasteiger partial charge in [0.1, 0.15) is 0 Å². The molecule has 0 heterocycles. The summed E-state index contributed by atoms with van der Waals surface area (Å²) in [6.07, 6.45) is -4.53. The van der Waals surface area contributed by atoms with E-state index in [2.05, 4.69) is 0 Å². The normalized spacial score (nSPS) is 10.5. The van der Waals surface area contributed by atoms with E-state index in [1.165, 1.54) is 0 Å². The van der Waals surface area contributed by atoms with Crippen molar-refractivity contribution in [3.63, 3.8) is 0 Å². The average molecular weight is 366 g/mol. The van der Waals surface area contributed by atoms with Crippen LogP contribution >= 0.6 is 0 Å². The summed E-state index contributed by atoms with van der Waals surface area (Å²) >= 11 is 0. The van der Waals surface area contributed by atoms with Crippen molar-refractivity contribution in [1.82, 2.24) is 0 Å². The molecular formula is C4H13KO9Sb. The molecule has 10 N–H and O–H groups in total. The van der Waals surface area contributed by atoms with Gasteiger partial charge in [0.15, 0.2) is 12.2 Å². The van der Waals surface area contributed by atoms with Crippen LogP contribution in [0.4, 0.5) is 0 Å². The van der Waals surface area contributed by atoms with Crippen molar-refractivity contribution in [3.8, 4) is 0 Å². The smallest absolute Gasteiger partial charge is 0 e. The molecule has 2 unspecified atom stereocenters. The van der Waals surface area contributed by atoms with Gasteiger partial charge in [0.05, 0.1) is 0 Å². The second kappa shape index (κ2) is 17.6. The minimum absolute atomic E-state index is 0. The van der Waals surface area contributed by atoms with Gasteiger partial charge in [-0.05, 0) is 0 Å². The summed E-state index contributed by atoms with van der Waals surface area (Å²) < 4.78 is 0. The molecule has 0 aromatic carbocycles. The van der Waals surface area contributed by atoms with Crippen molar-refractivity contribution in [2.75, 3.05) is 0 Å². The van der Waals surface area contributed by atoms with Crippen LogP contribution in [0.3, 0.4) is 0 Å². The summed E-state index contributed by atoms with van der Waals surface area (Å²) in [7, 11) is 0. The first kappa shape index (κ1) is 36.0. The zero-order chi connectivity index (χ0) is 8.31. The summed E-state index contributed by atoms with van der Waals surface area (Å²) in [4.78, 5) is 19.5. The summed E-state index contributed by atoms with van der Waals surface area (Å²) in [5.41, 5.74) is 0. The van der Waals surface area contributed by atoms with Gasteiger partial charge in [0.2, 0.25) is 0 Å². The number of aliphatic carboxylic acids is 2. The molecule has 0 saturated heterocycles. The molecule has 0 aliphatic rings. The fraction of sp³-hybridized carbons (Fsp3) is 0.500. The van der Waals surface area contributed by atoms with Crippen LogP contribution in [0.2, 0.25) is 0 Å². The van der Waals surface area contributed by atoms with Gasteiger partial charge in [0.25, 0.3) is 0 Å². The maximum atomic E-state index is 9.77. The monoisotopic (exact) mass is 365 g/mol. The third-order valence-corrected chi connectivity index (χ3v) is 0.805. The predicted molar refractivity (Wildman–Crippen MR) is 51.0 cm³/mol. The van der Waals surface area contributed by atoms with Crippen molar-refractivity contribution < 1.29 is 46.4 Å². The SMILES string of the molecule is O.O.O.O=C(O)C(O)C(O)C(=O)O.[KH].[Sb]. The molecule has 89 valence electrons. The minimum Gasteiger partial charge on any atom is 0 e. The molecule has 9 nitrogen and oxygen atoms in total. The fourth-order valence-electron chi connectivity index (χ4n) is 0.270. The summed E-state index contributed by atoms with van der Waals surface area (Å²) in [5, 5.41) is 32.5. The Morgan fingerprint density at radius 1 is 0.800 bits per heavy atom. The first-order chi connectivity index (χ1) is 4.46. The predicted octanol–water partition coefficient (Wildman–Crippen LogP) is -5.63. The van der Waals surface area contributed by atoms with E-state index in [9.17, 15) is 9.59 Å². The van der Waals surface area contributed by atoms with Gasteiger partial charge in [-0.1, -0.05) is 0 Å². The van der Waals surface area contributed by atoms with Crippen LogP contribution in [0.25, 0.3) is 0 Å². The van der Waals surface area contributed by atoms with Crippen LogP contribution in [0, 0.1) is 0 Å². The Balaban J connectivity index is -0.0000000405. The molecule has 3 radical (unpaired) electrons. The number of carbonyl (C=O) groups is 2. The quantitative estimate of drug-likeness (QED) is 0.357. The van der Waals surface area contributed by atoms with Crippen molar-refractivity contribution in [3.05, 3.63) is 0 Å². The number of rotatable bonds is 3. The van der Waals surface area contributed by atoms with E-state index in [1.54, 1.807) is 0 Å². The van der Waals surface area contributed by atoms with Crippen molar-refractivity contribution in [1.29, 1.82) is 0 Å². The summed E-state index contributed by atoms with van der Waals surface area (Å²) in [6, 6.07) is 0. The Morgan fingerprint density at radius 3 is 1.00 bits per heavy atom. The molecule has 0 rings (SSSR count). The Labute approximate surface area is 144 Å².